The molecule has 0 spiro atoms. The summed E-state index contributed by atoms with van der Waals surface area (Å²) >= 11 is 0. The Morgan fingerprint density at radius 1 is 1.19 bits per heavy atom. The number of carboxylic acids is 1. The van der Waals surface area contributed by atoms with Gasteiger partial charge in [0.2, 0.25) is 0 Å². The third-order valence-corrected chi connectivity index (χ3v) is 8.80. The molecule has 3 heterocycles. The number of benzene rings is 1. The Hall–Kier alpha value is -3.26. The lowest BCUT2D eigenvalue weighted by atomic mass is 9.78. The Balaban J connectivity index is 1.26. The number of halogens is 2. The molecule has 0 radical (unpaired) electrons. The highest BCUT2D eigenvalue weighted by atomic mass is 19.2. The molecule has 0 amide bonds. The van der Waals surface area contributed by atoms with Crippen LogP contribution in [0.15, 0.2) is 46.4 Å². The van der Waals surface area contributed by atoms with E-state index < -0.39 is 17.6 Å². The van der Waals surface area contributed by atoms with Crippen molar-refractivity contribution in [3.8, 4) is 0 Å². The molecule has 6 nitrogen and oxygen atoms in total. The lowest BCUT2D eigenvalue weighted by molar-refractivity contribution is -0.143. The van der Waals surface area contributed by atoms with Crippen LogP contribution in [0.3, 0.4) is 0 Å². The number of aliphatic carboxylic acids is 1. The fraction of sp³-hybridized carbons (Fsp3) is 0.448. The first-order chi connectivity index (χ1) is 17.8. The van der Waals surface area contributed by atoms with E-state index in [1.54, 1.807) is 12.2 Å². The maximum Gasteiger partial charge on any atom is 0.306 e. The van der Waals surface area contributed by atoms with Gasteiger partial charge in [-0.15, -0.1) is 0 Å². The summed E-state index contributed by atoms with van der Waals surface area (Å²) in [5.41, 5.74) is 9.05. The van der Waals surface area contributed by atoms with Crippen molar-refractivity contribution in [3.05, 3.63) is 69.6 Å². The Labute approximate surface area is 215 Å². The van der Waals surface area contributed by atoms with E-state index in [0.717, 1.165) is 56.5 Å². The van der Waals surface area contributed by atoms with Crippen LogP contribution in [-0.4, -0.2) is 59.3 Å². The Bertz CT molecular complexity index is 1320. The van der Waals surface area contributed by atoms with Gasteiger partial charge in [0.15, 0.2) is 11.6 Å². The molecule has 0 saturated heterocycles. The molecule has 1 fully saturated rings. The molecular weight excluding hydrogens is 474 g/mol. The maximum atomic E-state index is 15.3. The number of hydrogen-bond acceptors (Lipinski definition) is 5. The van der Waals surface area contributed by atoms with Crippen molar-refractivity contribution in [1.82, 2.24) is 15.2 Å². The molecule has 1 aromatic carbocycles. The van der Waals surface area contributed by atoms with Gasteiger partial charge in [-0.3, -0.25) is 15.1 Å². The molecule has 8 heteroatoms. The van der Waals surface area contributed by atoms with Crippen LogP contribution in [-0.2, 0) is 4.79 Å². The van der Waals surface area contributed by atoms with Crippen LogP contribution in [0.25, 0.3) is 11.6 Å². The zero-order chi connectivity index (χ0) is 25.8. The zero-order valence-corrected chi connectivity index (χ0v) is 21.2. The van der Waals surface area contributed by atoms with Crippen molar-refractivity contribution in [2.24, 2.45) is 16.9 Å². The lowest BCUT2D eigenvalue weighted by Crippen LogP contribution is -2.42. The second kappa shape index (κ2) is 9.24. The minimum Gasteiger partial charge on any atom is -0.481 e. The van der Waals surface area contributed by atoms with E-state index in [9.17, 15) is 14.3 Å². The number of hydrazone groups is 1. The number of allylic oxidation sites excluding steroid dienone is 2. The summed E-state index contributed by atoms with van der Waals surface area (Å²) < 4.78 is 29.8. The number of nitrogens with one attached hydrogen (secondary N) is 1. The Morgan fingerprint density at radius 2 is 1.97 bits per heavy atom. The number of carboxylic acid groups (broad SMARTS) is 1. The predicted molar refractivity (Wildman–Crippen MR) is 140 cm³/mol. The van der Waals surface area contributed by atoms with Gasteiger partial charge in [0, 0.05) is 61.2 Å². The highest BCUT2D eigenvalue weighted by Gasteiger charge is 2.35. The summed E-state index contributed by atoms with van der Waals surface area (Å²) in [6.45, 7) is 4.25. The van der Waals surface area contributed by atoms with Crippen molar-refractivity contribution in [1.29, 1.82) is 0 Å². The van der Waals surface area contributed by atoms with Crippen molar-refractivity contribution in [2.75, 3.05) is 26.7 Å². The molecule has 3 aliphatic heterocycles. The largest absolute Gasteiger partial charge is 0.481 e. The second-order valence-corrected chi connectivity index (χ2v) is 10.9. The van der Waals surface area contributed by atoms with Gasteiger partial charge in [0.1, 0.15) is 0 Å². The van der Waals surface area contributed by atoms with Crippen LogP contribution >= 0.6 is 0 Å². The van der Waals surface area contributed by atoms with E-state index in [0.29, 0.717) is 35.0 Å². The minimum atomic E-state index is -0.850. The SMILES string of the molecule is CC(C(=O)O)[C@H]1CC[C@@H](N2CC=C(C3=C4NN=C5C=Cc6cc(F)c(F)c(c65)C4=CN(C)C3)CC2)CC1. The van der Waals surface area contributed by atoms with Crippen LogP contribution in [0.4, 0.5) is 8.78 Å². The van der Waals surface area contributed by atoms with Crippen LogP contribution in [0, 0.1) is 23.5 Å². The summed E-state index contributed by atoms with van der Waals surface area (Å²) in [6.07, 6.45) is 12.6. The second-order valence-electron chi connectivity index (χ2n) is 10.9. The van der Waals surface area contributed by atoms with Gasteiger partial charge in [-0.25, -0.2) is 8.78 Å². The topological polar surface area (TPSA) is 68.2 Å². The summed E-state index contributed by atoms with van der Waals surface area (Å²) in [5.74, 6) is -2.40. The van der Waals surface area contributed by atoms with Gasteiger partial charge >= 0.3 is 5.97 Å². The summed E-state index contributed by atoms with van der Waals surface area (Å²) in [6, 6.07) is 1.72. The maximum absolute atomic E-state index is 15.3. The highest BCUT2D eigenvalue weighted by molar-refractivity contribution is 6.20. The average Bonchev–Trinajstić information content (AvgIpc) is 3.21. The third kappa shape index (κ3) is 4.11. The minimum absolute atomic E-state index is 0.265. The molecule has 37 heavy (non-hydrogen) atoms. The first-order valence-corrected chi connectivity index (χ1v) is 13.2. The van der Waals surface area contributed by atoms with E-state index >= 15 is 4.39 Å². The van der Waals surface area contributed by atoms with Crippen LogP contribution in [0.1, 0.15) is 55.7 Å². The molecule has 1 saturated carbocycles. The van der Waals surface area contributed by atoms with Gasteiger partial charge in [-0.1, -0.05) is 19.1 Å². The number of nitrogens with zero attached hydrogens (tertiary/aromatic N) is 3. The van der Waals surface area contributed by atoms with Gasteiger partial charge in [0.05, 0.1) is 17.3 Å². The third-order valence-electron chi connectivity index (χ3n) is 8.80. The number of fused-ring (bicyclic) bond motifs is 2. The van der Waals surface area contributed by atoms with Crippen LogP contribution in [0.2, 0.25) is 0 Å². The average molecular weight is 507 g/mol. The van der Waals surface area contributed by atoms with Gasteiger partial charge < -0.3 is 10.0 Å². The Kier molecular flexibility index (Phi) is 6.02. The van der Waals surface area contributed by atoms with Crippen LogP contribution in [0.5, 0.6) is 0 Å². The fourth-order valence-corrected chi connectivity index (χ4v) is 6.63. The number of hydrogen-bond donors (Lipinski definition) is 2. The van der Waals surface area contributed by atoms with E-state index in [4.69, 9.17) is 0 Å². The molecular formula is C29H32F2N4O2. The number of rotatable bonds is 4. The monoisotopic (exact) mass is 506 g/mol. The predicted octanol–water partition coefficient (Wildman–Crippen LogP) is 4.75. The van der Waals surface area contributed by atoms with Crippen LogP contribution < -0.4 is 5.43 Å². The van der Waals surface area contributed by atoms with Gasteiger partial charge in [-0.2, -0.15) is 5.10 Å². The normalized spacial score (nSPS) is 25.9. The van der Waals surface area contributed by atoms with Crippen molar-refractivity contribution in [2.45, 2.75) is 45.1 Å². The highest BCUT2D eigenvalue weighted by Crippen LogP contribution is 2.41. The molecule has 2 aliphatic carbocycles. The molecule has 194 valence electrons. The van der Waals surface area contributed by atoms with Crippen molar-refractivity contribution >= 4 is 23.3 Å². The first kappa shape index (κ1) is 24.1. The van der Waals surface area contributed by atoms with E-state index in [2.05, 4.69) is 21.5 Å². The molecule has 1 atom stereocenters. The van der Waals surface area contributed by atoms with Crippen molar-refractivity contribution in [3.63, 3.8) is 0 Å². The summed E-state index contributed by atoms with van der Waals surface area (Å²) in [4.78, 5) is 15.9. The van der Waals surface area contributed by atoms with E-state index in [1.165, 1.54) is 11.6 Å². The zero-order valence-electron chi connectivity index (χ0n) is 21.2. The van der Waals surface area contributed by atoms with E-state index in [1.807, 2.05) is 25.1 Å². The molecule has 0 bridgehead atoms. The van der Waals surface area contributed by atoms with Gasteiger partial charge in [-0.05, 0) is 61.3 Å². The lowest BCUT2D eigenvalue weighted by Gasteiger charge is -2.40. The fourth-order valence-electron chi connectivity index (χ4n) is 6.63. The molecule has 6 rings (SSSR count). The van der Waals surface area contributed by atoms with E-state index in [-0.39, 0.29) is 17.4 Å². The van der Waals surface area contributed by atoms with Gasteiger partial charge in [0.25, 0.3) is 0 Å². The smallest absolute Gasteiger partial charge is 0.306 e. The molecule has 1 aromatic rings. The molecule has 5 aliphatic rings. The molecule has 1 unspecified atom stereocenters. The molecule has 0 aromatic heterocycles. The molecule has 2 N–H and O–H groups in total. The number of likely N-dealkylation sites (N-methyl/N-ethyl adjacent to an activating group) is 1. The standard InChI is InChI=1S/C29H32F2N4O2/c1-16(29(36)37)17-3-6-20(7-4-17)35-11-9-18(10-12-35)21-14-34(2)15-22-26-25-19(13-23(30)27(26)31)5-8-24(25)32-33-28(21)22/h5,8-9,13,15-17,20,33H,3-4,6-7,10-12,14H2,1-2H3,(H,36,37)/t16?,17-,20+. The first-order valence-electron chi connectivity index (χ1n) is 13.2. The number of carbonyl (C=O) groups is 1. The van der Waals surface area contributed by atoms with Crippen molar-refractivity contribution < 1.29 is 18.7 Å². The summed E-state index contributed by atoms with van der Waals surface area (Å²) in [5, 5.41) is 13.9. The Morgan fingerprint density at radius 3 is 2.68 bits per heavy atom. The quantitative estimate of drug-likeness (QED) is 0.617. The summed E-state index contributed by atoms with van der Waals surface area (Å²) in [7, 11) is 1.96.